The molecule has 0 atom stereocenters. The lowest BCUT2D eigenvalue weighted by molar-refractivity contribution is -0.120. The third kappa shape index (κ3) is 4.03. The number of carbonyl (C=O) groups is 2. The molecule has 10 heteroatoms. The van der Waals surface area contributed by atoms with E-state index in [4.69, 9.17) is 20.9 Å². The van der Waals surface area contributed by atoms with E-state index < -0.39 is 17.6 Å². The predicted octanol–water partition coefficient (Wildman–Crippen LogP) is 5.92. The van der Waals surface area contributed by atoms with Crippen LogP contribution in [0.25, 0.3) is 11.4 Å². The van der Waals surface area contributed by atoms with E-state index in [1.807, 2.05) is 25.1 Å². The number of halogens is 3. The first-order valence-corrected chi connectivity index (χ1v) is 11.8. The second-order valence-electron chi connectivity index (χ2n) is 8.10. The van der Waals surface area contributed by atoms with E-state index in [2.05, 4.69) is 26.1 Å². The van der Waals surface area contributed by atoms with E-state index in [0.717, 1.165) is 39.4 Å². The Labute approximate surface area is 207 Å². The van der Waals surface area contributed by atoms with E-state index in [1.54, 1.807) is 0 Å². The number of anilines is 1. The minimum Gasteiger partial charge on any atom is -0.482 e. The van der Waals surface area contributed by atoms with Crippen LogP contribution in [0, 0.1) is 12.7 Å². The van der Waals surface area contributed by atoms with E-state index in [1.165, 1.54) is 6.07 Å². The Morgan fingerprint density at radius 1 is 1.15 bits per heavy atom. The second kappa shape index (κ2) is 8.96. The molecule has 3 aromatic rings. The van der Waals surface area contributed by atoms with Crippen LogP contribution in [0.15, 0.2) is 50.5 Å². The number of amides is 2. The zero-order valence-corrected chi connectivity index (χ0v) is 20.4. The number of carbonyl (C=O) groups excluding carboxylic acids is 2. The summed E-state index contributed by atoms with van der Waals surface area (Å²) in [5.74, 6) is -1.10. The zero-order chi connectivity index (χ0) is 24.0. The normalized spacial score (nSPS) is 15.8. The lowest BCUT2D eigenvalue weighted by atomic mass is 9.93. The fourth-order valence-electron chi connectivity index (χ4n) is 4.16. The van der Waals surface area contributed by atoms with Crippen molar-refractivity contribution in [3.63, 3.8) is 0 Å². The van der Waals surface area contributed by atoms with Crippen molar-refractivity contribution in [1.82, 2.24) is 10.1 Å². The fraction of sp³-hybridized carbons (Fsp3) is 0.250. The molecule has 2 aliphatic rings. The molecule has 2 heterocycles. The first-order chi connectivity index (χ1) is 16.3. The van der Waals surface area contributed by atoms with Gasteiger partial charge in [0.15, 0.2) is 6.61 Å². The van der Waals surface area contributed by atoms with Gasteiger partial charge in [-0.05, 0) is 56.4 Å². The molecule has 2 amide bonds. The largest absolute Gasteiger partial charge is 0.482 e. The number of ether oxygens (including phenoxy) is 1. The summed E-state index contributed by atoms with van der Waals surface area (Å²) >= 11 is 9.60. The van der Waals surface area contributed by atoms with Crippen molar-refractivity contribution in [2.75, 3.05) is 4.90 Å². The summed E-state index contributed by atoms with van der Waals surface area (Å²) in [6.07, 6.45) is 2.70. The maximum atomic E-state index is 14.8. The van der Waals surface area contributed by atoms with Crippen LogP contribution in [0.2, 0.25) is 5.02 Å². The van der Waals surface area contributed by atoms with Gasteiger partial charge >= 0.3 is 0 Å². The van der Waals surface area contributed by atoms with Gasteiger partial charge in [0.1, 0.15) is 11.6 Å². The highest BCUT2D eigenvalue weighted by atomic mass is 79.9. The highest BCUT2D eigenvalue weighted by Crippen LogP contribution is 2.39. The number of aromatic nitrogens is 2. The number of rotatable bonds is 5. The number of benzene rings is 2. The van der Waals surface area contributed by atoms with Gasteiger partial charge in [-0.25, -0.2) is 9.29 Å². The lowest BCUT2D eigenvalue weighted by Gasteiger charge is -2.18. The van der Waals surface area contributed by atoms with Gasteiger partial charge in [-0.3, -0.25) is 9.59 Å². The van der Waals surface area contributed by atoms with Crippen molar-refractivity contribution in [1.29, 1.82) is 0 Å². The van der Waals surface area contributed by atoms with Crippen LogP contribution in [-0.2, 0) is 16.2 Å². The minimum atomic E-state index is -0.788. The average Bonchev–Trinajstić information content (AvgIpc) is 3.39. The Kier molecular flexibility index (Phi) is 5.99. The van der Waals surface area contributed by atoms with E-state index >= 15 is 0 Å². The van der Waals surface area contributed by atoms with Gasteiger partial charge in [-0.1, -0.05) is 38.8 Å². The van der Waals surface area contributed by atoms with Crippen LogP contribution < -0.4 is 9.64 Å². The molecule has 0 saturated heterocycles. The summed E-state index contributed by atoms with van der Waals surface area (Å²) in [4.78, 5) is 30.9. The zero-order valence-electron chi connectivity index (χ0n) is 18.0. The SMILES string of the molecule is Cc1ccc(Br)cc1-c1noc(COc2cc(N3C(=O)C4=C(CCCC4)C3=O)c(F)cc2Cl)n1. The van der Waals surface area contributed by atoms with Crippen LogP contribution in [0.4, 0.5) is 10.1 Å². The molecule has 0 saturated carbocycles. The quantitative estimate of drug-likeness (QED) is 0.369. The predicted molar refractivity (Wildman–Crippen MR) is 126 cm³/mol. The second-order valence-corrected chi connectivity index (χ2v) is 9.43. The van der Waals surface area contributed by atoms with Gasteiger partial charge in [0.2, 0.25) is 5.82 Å². The molecule has 0 radical (unpaired) electrons. The summed E-state index contributed by atoms with van der Waals surface area (Å²) in [6.45, 7) is 1.79. The van der Waals surface area contributed by atoms with E-state index in [-0.39, 0.29) is 29.0 Å². The number of imide groups is 1. The van der Waals surface area contributed by atoms with Crippen molar-refractivity contribution in [3.05, 3.63) is 68.2 Å². The maximum absolute atomic E-state index is 14.8. The number of nitrogens with zero attached hydrogens (tertiary/aromatic N) is 3. The third-order valence-corrected chi connectivity index (χ3v) is 6.68. The van der Waals surface area contributed by atoms with Crippen molar-refractivity contribution >= 4 is 45.0 Å². The van der Waals surface area contributed by atoms with Crippen molar-refractivity contribution in [2.45, 2.75) is 39.2 Å². The highest BCUT2D eigenvalue weighted by molar-refractivity contribution is 9.10. The molecular weight excluding hydrogens is 529 g/mol. The molecule has 0 fully saturated rings. The van der Waals surface area contributed by atoms with Gasteiger partial charge in [-0.15, -0.1) is 0 Å². The van der Waals surface area contributed by atoms with Gasteiger partial charge in [0.25, 0.3) is 17.7 Å². The highest BCUT2D eigenvalue weighted by Gasteiger charge is 2.41. The standard InChI is InChI=1S/C24H18BrClFN3O4/c1-12-6-7-13(25)8-16(12)22-28-21(34-29-22)11-33-20-10-19(18(27)9-17(20)26)30-23(31)14-4-2-3-5-15(14)24(30)32/h6-10H,2-5,11H2,1H3. The summed E-state index contributed by atoms with van der Waals surface area (Å²) in [5.41, 5.74) is 2.51. The molecule has 0 bridgehead atoms. The minimum absolute atomic E-state index is 0.0133. The Hall–Kier alpha value is -3.04. The molecule has 1 aliphatic heterocycles. The molecule has 2 aromatic carbocycles. The van der Waals surface area contributed by atoms with Crippen LogP contribution >= 0.6 is 27.5 Å². The van der Waals surface area contributed by atoms with Gasteiger partial charge in [-0.2, -0.15) is 4.98 Å². The van der Waals surface area contributed by atoms with Crippen LogP contribution in [0.3, 0.4) is 0 Å². The Bertz CT molecular complexity index is 1340. The molecular formula is C24H18BrClFN3O4. The monoisotopic (exact) mass is 545 g/mol. The summed E-state index contributed by atoms with van der Waals surface area (Å²) in [7, 11) is 0. The molecule has 1 aromatic heterocycles. The van der Waals surface area contributed by atoms with E-state index in [0.29, 0.717) is 29.8 Å². The van der Waals surface area contributed by atoms with Crippen molar-refractivity contribution in [2.24, 2.45) is 0 Å². The molecule has 7 nitrogen and oxygen atoms in total. The Morgan fingerprint density at radius 3 is 2.56 bits per heavy atom. The summed E-state index contributed by atoms with van der Waals surface area (Å²) in [6, 6.07) is 8.00. The van der Waals surface area contributed by atoms with Gasteiger partial charge in [0, 0.05) is 27.2 Å². The molecule has 0 unspecified atom stereocenters. The smallest absolute Gasteiger partial charge is 0.264 e. The first kappa shape index (κ1) is 22.7. The van der Waals surface area contributed by atoms with Crippen LogP contribution in [0.5, 0.6) is 5.75 Å². The van der Waals surface area contributed by atoms with Crippen LogP contribution in [-0.4, -0.2) is 22.0 Å². The first-order valence-electron chi connectivity index (χ1n) is 10.6. The van der Waals surface area contributed by atoms with Crippen molar-refractivity contribution in [3.8, 4) is 17.1 Å². The number of aryl methyl sites for hydroxylation is 1. The summed E-state index contributed by atoms with van der Waals surface area (Å²) in [5, 5.41) is 3.98. The topological polar surface area (TPSA) is 85.5 Å². The van der Waals surface area contributed by atoms with Gasteiger partial charge < -0.3 is 9.26 Å². The van der Waals surface area contributed by atoms with E-state index in [9.17, 15) is 14.0 Å². The number of hydrogen-bond acceptors (Lipinski definition) is 6. The summed E-state index contributed by atoms with van der Waals surface area (Å²) < 4.78 is 26.6. The Morgan fingerprint density at radius 2 is 1.85 bits per heavy atom. The number of hydrogen-bond donors (Lipinski definition) is 0. The maximum Gasteiger partial charge on any atom is 0.264 e. The molecule has 5 rings (SSSR count). The lowest BCUT2D eigenvalue weighted by Crippen LogP contribution is -2.32. The van der Waals surface area contributed by atoms with Crippen molar-refractivity contribution < 1.29 is 23.2 Å². The molecule has 0 spiro atoms. The molecule has 0 N–H and O–H groups in total. The molecule has 174 valence electrons. The van der Waals surface area contributed by atoms with Crippen LogP contribution in [0.1, 0.15) is 37.1 Å². The van der Waals surface area contributed by atoms with Gasteiger partial charge in [0.05, 0.1) is 10.7 Å². The fourth-order valence-corrected chi connectivity index (χ4v) is 4.72. The molecule has 1 aliphatic carbocycles. The molecule has 34 heavy (non-hydrogen) atoms. The third-order valence-electron chi connectivity index (χ3n) is 5.89. The average molecular weight is 547 g/mol. The Balaban J connectivity index is 1.38.